The van der Waals surface area contributed by atoms with E-state index in [2.05, 4.69) is 10.0 Å². The Bertz CT molecular complexity index is 867. The van der Waals surface area contributed by atoms with Crippen molar-refractivity contribution in [2.45, 2.75) is 6.92 Å². The van der Waals surface area contributed by atoms with E-state index in [9.17, 15) is 22.0 Å². The summed E-state index contributed by atoms with van der Waals surface area (Å²) in [7, 11) is -3.48. The van der Waals surface area contributed by atoms with Crippen molar-refractivity contribution in [3.63, 3.8) is 0 Å². The number of benzene rings is 2. The fourth-order valence-corrected chi connectivity index (χ4v) is 2.58. The van der Waals surface area contributed by atoms with Crippen LogP contribution in [0.5, 0.6) is 0 Å². The Morgan fingerprint density at radius 1 is 1.09 bits per heavy atom. The first-order valence-corrected chi connectivity index (χ1v) is 8.40. The van der Waals surface area contributed by atoms with E-state index in [1.165, 1.54) is 24.3 Å². The normalized spacial score (nSPS) is 11.1. The highest BCUT2D eigenvalue weighted by atomic mass is 32.2. The smallest absolute Gasteiger partial charge is 0.256 e. The van der Waals surface area contributed by atoms with Gasteiger partial charge in [0.15, 0.2) is 11.6 Å². The number of nitrogens with one attached hydrogen (secondary N) is 2. The predicted molar refractivity (Wildman–Crippen MR) is 84.0 cm³/mol. The Kier molecular flexibility index (Phi) is 4.65. The minimum absolute atomic E-state index is 0.0924. The van der Waals surface area contributed by atoms with Crippen molar-refractivity contribution in [3.05, 3.63) is 59.2 Å². The molecule has 0 bridgehead atoms. The van der Waals surface area contributed by atoms with Gasteiger partial charge in [0.2, 0.25) is 10.0 Å². The molecule has 0 aromatic heterocycles. The first-order chi connectivity index (χ1) is 10.7. The molecule has 23 heavy (non-hydrogen) atoms. The molecule has 8 heteroatoms. The molecule has 0 aliphatic rings. The quantitative estimate of drug-likeness (QED) is 0.899. The Balaban J connectivity index is 2.29. The molecular formula is C15H14F2N2O3S. The Morgan fingerprint density at radius 3 is 2.39 bits per heavy atom. The SMILES string of the molecule is Cc1c(NS(C)(=O)=O)cccc1C(=O)Nc1ccc(F)c(F)c1. The van der Waals surface area contributed by atoms with Crippen LogP contribution in [0.4, 0.5) is 20.2 Å². The third kappa shape index (κ3) is 4.26. The lowest BCUT2D eigenvalue weighted by Crippen LogP contribution is -2.16. The summed E-state index contributed by atoms with van der Waals surface area (Å²) in [6, 6.07) is 7.52. The number of hydrogen-bond donors (Lipinski definition) is 2. The second-order valence-corrected chi connectivity index (χ2v) is 6.68. The van der Waals surface area contributed by atoms with Crippen LogP contribution < -0.4 is 10.0 Å². The highest BCUT2D eigenvalue weighted by molar-refractivity contribution is 7.92. The first-order valence-electron chi connectivity index (χ1n) is 6.51. The van der Waals surface area contributed by atoms with Crippen LogP contribution in [0.15, 0.2) is 36.4 Å². The van der Waals surface area contributed by atoms with Crippen LogP contribution in [0.25, 0.3) is 0 Å². The third-order valence-corrected chi connectivity index (χ3v) is 3.64. The van der Waals surface area contributed by atoms with Crippen LogP contribution in [-0.4, -0.2) is 20.6 Å². The Labute approximate surface area is 132 Å². The topological polar surface area (TPSA) is 75.3 Å². The minimum atomic E-state index is -3.48. The van der Waals surface area contributed by atoms with Gasteiger partial charge in [-0.15, -0.1) is 0 Å². The zero-order valence-electron chi connectivity index (χ0n) is 12.4. The monoisotopic (exact) mass is 340 g/mol. The lowest BCUT2D eigenvalue weighted by Gasteiger charge is -2.12. The molecule has 0 fully saturated rings. The van der Waals surface area contributed by atoms with E-state index < -0.39 is 27.6 Å². The summed E-state index contributed by atoms with van der Waals surface area (Å²) >= 11 is 0. The fourth-order valence-electron chi connectivity index (χ4n) is 1.96. The maximum absolute atomic E-state index is 13.2. The highest BCUT2D eigenvalue weighted by Gasteiger charge is 2.14. The van der Waals surface area contributed by atoms with Crippen molar-refractivity contribution in [2.75, 3.05) is 16.3 Å². The summed E-state index contributed by atoms with van der Waals surface area (Å²) in [4.78, 5) is 12.2. The second kappa shape index (κ2) is 6.33. The lowest BCUT2D eigenvalue weighted by atomic mass is 10.1. The molecule has 5 nitrogen and oxygen atoms in total. The number of amides is 1. The van der Waals surface area contributed by atoms with Gasteiger partial charge in [-0.1, -0.05) is 6.07 Å². The molecule has 0 aliphatic heterocycles. The number of halogens is 2. The molecule has 0 saturated heterocycles. The molecule has 0 radical (unpaired) electrons. The van der Waals surface area contributed by atoms with E-state index >= 15 is 0 Å². The maximum Gasteiger partial charge on any atom is 0.256 e. The molecule has 2 aromatic carbocycles. The van der Waals surface area contributed by atoms with Gasteiger partial charge in [-0.25, -0.2) is 17.2 Å². The van der Waals surface area contributed by atoms with Crippen LogP contribution in [0, 0.1) is 18.6 Å². The second-order valence-electron chi connectivity index (χ2n) is 4.94. The van der Waals surface area contributed by atoms with Crippen molar-refractivity contribution in [1.29, 1.82) is 0 Å². The van der Waals surface area contributed by atoms with Gasteiger partial charge in [-0.2, -0.15) is 0 Å². The molecule has 0 aliphatic carbocycles. The summed E-state index contributed by atoms with van der Waals surface area (Å²) in [5.74, 6) is -2.66. The molecule has 1 amide bonds. The van der Waals surface area contributed by atoms with Gasteiger partial charge < -0.3 is 5.32 Å². The van der Waals surface area contributed by atoms with E-state index in [1.807, 2.05) is 0 Å². The molecule has 2 N–H and O–H groups in total. The molecule has 0 heterocycles. The molecule has 2 rings (SSSR count). The summed E-state index contributed by atoms with van der Waals surface area (Å²) < 4.78 is 51.0. The van der Waals surface area contributed by atoms with Gasteiger partial charge in [0, 0.05) is 17.3 Å². The van der Waals surface area contributed by atoms with Crippen LogP contribution in [-0.2, 0) is 10.0 Å². The first kappa shape index (κ1) is 16.9. The number of anilines is 2. The van der Waals surface area contributed by atoms with Crippen LogP contribution in [0.2, 0.25) is 0 Å². The van der Waals surface area contributed by atoms with Gasteiger partial charge in [-0.05, 0) is 36.8 Å². The van der Waals surface area contributed by atoms with Gasteiger partial charge in [0.05, 0.1) is 11.9 Å². The van der Waals surface area contributed by atoms with Crippen LogP contribution in [0.1, 0.15) is 15.9 Å². The standard InChI is InChI=1S/C15H14F2N2O3S/c1-9-11(4-3-5-14(9)19-23(2,21)22)15(20)18-10-6-7-12(16)13(17)8-10/h3-8,19H,1-2H3,(H,18,20). The van der Waals surface area contributed by atoms with Gasteiger partial charge in [0.1, 0.15) is 0 Å². The summed E-state index contributed by atoms with van der Waals surface area (Å²) in [6.07, 6.45) is 1.00. The van der Waals surface area contributed by atoms with Gasteiger partial charge >= 0.3 is 0 Å². The number of rotatable bonds is 4. The van der Waals surface area contributed by atoms with Gasteiger partial charge in [0.25, 0.3) is 5.91 Å². The van der Waals surface area contributed by atoms with Gasteiger partial charge in [-0.3, -0.25) is 9.52 Å². The molecule has 2 aromatic rings. The highest BCUT2D eigenvalue weighted by Crippen LogP contribution is 2.21. The summed E-state index contributed by atoms with van der Waals surface area (Å²) in [5.41, 5.74) is 0.988. The van der Waals surface area contributed by atoms with Crippen molar-refractivity contribution >= 4 is 27.3 Å². The molecule has 0 atom stereocenters. The molecular weight excluding hydrogens is 326 g/mol. The van der Waals surface area contributed by atoms with Crippen molar-refractivity contribution in [3.8, 4) is 0 Å². The average molecular weight is 340 g/mol. The minimum Gasteiger partial charge on any atom is -0.322 e. The summed E-state index contributed by atoms with van der Waals surface area (Å²) in [6.45, 7) is 1.58. The molecule has 0 saturated carbocycles. The Hall–Kier alpha value is -2.48. The third-order valence-electron chi connectivity index (χ3n) is 3.05. The number of sulfonamides is 1. The molecule has 122 valence electrons. The van der Waals surface area contributed by atoms with E-state index in [4.69, 9.17) is 0 Å². The van der Waals surface area contributed by atoms with Crippen molar-refractivity contribution < 1.29 is 22.0 Å². The fraction of sp³-hybridized carbons (Fsp3) is 0.133. The number of carbonyl (C=O) groups is 1. The zero-order valence-corrected chi connectivity index (χ0v) is 13.2. The van der Waals surface area contributed by atoms with Crippen molar-refractivity contribution in [2.24, 2.45) is 0 Å². The largest absolute Gasteiger partial charge is 0.322 e. The summed E-state index contributed by atoms with van der Waals surface area (Å²) in [5, 5.41) is 2.43. The molecule has 0 spiro atoms. The Morgan fingerprint density at radius 2 is 1.78 bits per heavy atom. The van der Waals surface area contributed by atoms with E-state index in [-0.39, 0.29) is 16.9 Å². The van der Waals surface area contributed by atoms with Crippen LogP contribution in [0.3, 0.4) is 0 Å². The molecule has 0 unspecified atom stereocenters. The van der Waals surface area contributed by atoms with Crippen LogP contribution >= 0.6 is 0 Å². The maximum atomic E-state index is 13.2. The average Bonchev–Trinajstić information content (AvgIpc) is 2.43. The number of carbonyl (C=O) groups excluding carboxylic acids is 1. The van der Waals surface area contributed by atoms with E-state index in [0.717, 1.165) is 18.4 Å². The lowest BCUT2D eigenvalue weighted by molar-refractivity contribution is 0.102. The van der Waals surface area contributed by atoms with E-state index in [1.54, 1.807) is 6.92 Å². The number of hydrogen-bond acceptors (Lipinski definition) is 3. The predicted octanol–water partition coefficient (Wildman–Crippen LogP) is 2.90. The zero-order chi connectivity index (χ0) is 17.2. The van der Waals surface area contributed by atoms with Crippen molar-refractivity contribution in [1.82, 2.24) is 0 Å². The van der Waals surface area contributed by atoms with E-state index in [0.29, 0.717) is 5.56 Å².